The number of rotatable bonds is 1. The van der Waals surface area contributed by atoms with E-state index in [1.54, 1.807) is 5.40 Å². The van der Waals surface area contributed by atoms with E-state index in [0.29, 0.717) is 11.9 Å². The van der Waals surface area contributed by atoms with Gasteiger partial charge < -0.3 is 5.73 Å². The van der Waals surface area contributed by atoms with Crippen LogP contribution in [0.3, 0.4) is 0 Å². The predicted molar refractivity (Wildman–Crippen MR) is 33.6 cm³/mol. The summed E-state index contributed by atoms with van der Waals surface area (Å²) in [6.07, 6.45) is 0. The predicted octanol–water partition coefficient (Wildman–Crippen LogP) is 0.341. The number of nitrogens with two attached hydrogens (primary N) is 1. The number of primary amides is 1. The second-order valence-electron chi connectivity index (χ2n) is 0.794. The minimum absolute atomic E-state index is 0.568. The molecule has 0 atom stereocenters. The summed E-state index contributed by atoms with van der Waals surface area (Å²) in [5.74, 6) is 0. The Kier molecular flexibility index (Phi) is 3.23. The smallest absolute Gasteiger partial charge is 0.335 e. The molecule has 0 aromatic carbocycles. The number of carbonyl (C=O) groups is 1. The van der Waals surface area contributed by atoms with Crippen LogP contribution in [0.15, 0.2) is 0 Å². The Morgan fingerprint density at radius 2 is 2.50 bits per heavy atom. The van der Waals surface area contributed by atoms with Gasteiger partial charge in [0.15, 0.2) is 5.40 Å². The van der Waals surface area contributed by atoms with E-state index in [-0.39, 0.29) is 0 Å². The van der Waals surface area contributed by atoms with Gasteiger partial charge in [-0.25, -0.2) is 4.79 Å². The Bertz CT molecular complexity index is 130. The van der Waals surface area contributed by atoms with Gasteiger partial charge in [0.05, 0.1) is 11.9 Å². The third-order valence-corrected chi connectivity index (χ3v) is 1.19. The topological polar surface area (TPSA) is 70.1 Å². The highest BCUT2D eigenvalue weighted by atomic mass is 32.2. The van der Waals surface area contributed by atoms with E-state index in [0.717, 1.165) is 3.71 Å². The molecule has 0 aliphatic carbocycles. The molecule has 8 heavy (non-hydrogen) atoms. The third-order valence-electron chi connectivity index (χ3n) is 0.316. The highest BCUT2D eigenvalue weighted by Crippen LogP contribution is 2.08. The van der Waals surface area contributed by atoms with Crippen LogP contribution in [0.4, 0.5) is 4.79 Å². The van der Waals surface area contributed by atoms with Crippen molar-refractivity contribution in [1.29, 1.82) is 5.26 Å². The molecule has 0 bridgehead atoms. The summed E-state index contributed by atoms with van der Waals surface area (Å²) in [4.78, 5) is 9.99. The Balaban J connectivity index is 3.52. The fourth-order valence-corrected chi connectivity index (χ4v) is 0.361. The first kappa shape index (κ1) is 7.46. The van der Waals surface area contributed by atoms with Crippen molar-refractivity contribution in [3.63, 3.8) is 0 Å². The van der Waals surface area contributed by atoms with Crippen molar-refractivity contribution < 1.29 is 4.79 Å². The largest absolute Gasteiger partial charge is 0.350 e. The van der Waals surface area contributed by atoms with Crippen LogP contribution in [0.1, 0.15) is 0 Å². The van der Waals surface area contributed by atoms with Gasteiger partial charge >= 0.3 is 6.03 Å². The molecule has 2 N–H and O–H groups in total. The lowest BCUT2D eigenvalue weighted by atomic mass is 11.2. The number of nitriles is 1. The summed E-state index contributed by atoms with van der Waals surface area (Å²) < 4.78 is 0.736. The second kappa shape index (κ2) is 3.46. The van der Waals surface area contributed by atoms with E-state index in [1.807, 2.05) is 0 Å². The Labute approximate surface area is 56.3 Å². The molecule has 0 aliphatic rings. The first-order chi connectivity index (χ1) is 3.68. The highest BCUT2D eigenvalue weighted by molar-refractivity contribution is 8.09. The first-order valence-electron chi connectivity index (χ1n) is 1.53. The second-order valence-corrected chi connectivity index (χ2v) is 2.19. The molecule has 6 heteroatoms. The van der Waals surface area contributed by atoms with E-state index >= 15 is 0 Å². The van der Waals surface area contributed by atoms with E-state index in [9.17, 15) is 4.79 Å². The normalized spacial score (nSPS) is 7.50. The van der Waals surface area contributed by atoms with Gasteiger partial charge in [-0.1, -0.05) is 0 Å². The Morgan fingerprint density at radius 3 is 2.62 bits per heavy atom. The number of hydrogen-bond donors (Lipinski definition) is 2. The quantitative estimate of drug-likeness (QED) is 0.321. The SMILES string of the molecule is N#CSN(S)C(N)=O. The molecular formula is C2H3N3OS2. The molecule has 0 aliphatic heterocycles. The van der Waals surface area contributed by atoms with Crippen LogP contribution in [0.25, 0.3) is 0 Å². The molecule has 0 spiro atoms. The number of carbonyl (C=O) groups excluding carboxylic acids is 1. The lowest BCUT2D eigenvalue weighted by Gasteiger charge is -2.01. The van der Waals surface area contributed by atoms with Gasteiger partial charge in [0, 0.05) is 0 Å². The van der Waals surface area contributed by atoms with E-state index in [4.69, 9.17) is 5.26 Å². The van der Waals surface area contributed by atoms with E-state index < -0.39 is 6.03 Å². The molecule has 0 aromatic rings. The number of amides is 2. The summed E-state index contributed by atoms with van der Waals surface area (Å²) >= 11 is 4.07. The molecule has 4 nitrogen and oxygen atoms in total. The fraction of sp³-hybridized carbons (Fsp3) is 0. The van der Waals surface area contributed by atoms with Gasteiger partial charge in [-0.05, 0) is 12.8 Å². The molecule has 0 aromatic heterocycles. The van der Waals surface area contributed by atoms with Crippen LogP contribution in [-0.2, 0) is 0 Å². The average Bonchev–Trinajstić information content (AvgIpc) is 1.67. The Hall–Kier alpha value is -0.540. The van der Waals surface area contributed by atoms with Gasteiger partial charge in [-0.2, -0.15) is 8.97 Å². The molecule has 0 heterocycles. The molecule has 0 radical (unpaired) electrons. The van der Waals surface area contributed by atoms with Crippen molar-refractivity contribution in [2.75, 3.05) is 0 Å². The van der Waals surface area contributed by atoms with Crippen LogP contribution in [0.2, 0.25) is 0 Å². The molecule has 0 rings (SSSR count). The summed E-state index contributed by atoms with van der Waals surface area (Å²) in [5, 5.41) is 9.51. The van der Waals surface area contributed by atoms with E-state index in [1.165, 1.54) is 0 Å². The number of thiol groups is 1. The average molecular weight is 149 g/mol. The van der Waals surface area contributed by atoms with Crippen LogP contribution in [0, 0.1) is 10.7 Å². The van der Waals surface area contributed by atoms with Gasteiger partial charge in [-0.3, -0.25) is 0 Å². The molecule has 2 amide bonds. The van der Waals surface area contributed by atoms with Gasteiger partial charge in [0.1, 0.15) is 0 Å². The minimum Gasteiger partial charge on any atom is -0.350 e. The fourth-order valence-electron chi connectivity index (χ4n) is 0.0837. The minimum atomic E-state index is -0.750. The maximum absolute atomic E-state index is 9.99. The zero-order valence-corrected chi connectivity index (χ0v) is 5.45. The lowest BCUT2D eigenvalue weighted by Crippen LogP contribution is -2.20. The van der Waals surface area contributed by atoms with Gasteiger partial charge in [-0.15, -0.1) is 0 Å². The summed E-state index contributed by atoms with van der Waals surface area (Å²) in [6, 6.07) is -0.750. The van der Waals surface area contributed by atoms with Gasteiger partial charge in [0.2, 0.25) is 0 Å². The monoisotopic (exact) mass is 149 g/mol. The van der Waals surface area contributed by atoms with Gasteiger partial charge in [0.25, 0.3) is 0 Å². The summed E-state index contributed by atoms with van der Waals surface area (Å²) in [5.41, 5.74) is 4.66. The standard InChI is InChI=1S/C2H3N3OS2/c3-1-8-5(7)2(4)6/h7H,(H2,4,6). The molecule has 0 unspecified atom stereocenters. The maximum atomic E-state index is 9.99. The van der Waals surface area contributed by atoms with Crippen molar-refractivity contribution in [3.8, 4) is 5.40 Å². The summed E-state index contributed by atoms with van der Waals surface area (Å²) in [6.45, 7) is 0. The van der Waals surface area contributed by atoms with Crippen molar-refractivity contribution in [2.24, 2.45) is 5.73 Å². The number of nitrogens with zero attached hydrogens (tertiary/aromatic N) is 2. The van der Waals surface area contributed by atoms with Crippen molar-refractivity contribution in [2.45, 2.75) is 0 Å². The third kappa shape index (κ3) is 2.60. The van der Waals surface area contributed by atoms with E-state index in [2.05, 4.69) is 18.5 Å². The van der Waals surface area contributed by atoms with Crippen LogP contribution in [-0.4, -0.2) is 9.74 Å². The van der Waals surface area contributed by atoms with Crippen molar-refractivity contribution >= 4 is 30.8 Å². The first-order valence-corrected chi connectivity index (χ1v) is 2.70. The molecule has 0 saturated carbocycles. The Morgan fingerprint density at radius 1 is 2.00 bits per heavy atom. The number of urea groups is 1. The number of thiocyanates is 1. The summed E-state index contributed by atoms with van der Waals surface area (Å²) in [7, 11) is 0. The number of hydrogen-bond acceptors (Lipinski definition) is 4. The van der Waals surface area contributed by atoms with Crippen LogP contribution in [0.5, 0.6) is 0 Å². The molecule has 0 fully saturated rings. The van der Waals surface area contributed by atoms with Crippen LogP contribution < -0.4 is 5.73 Å². The maximum Gasteiger partial charge on any atom is 0.335 e. The van der Waals surface area contributed by atoms with Crippen molar-refractivity contribution in [3.05, 3.63) is 0 Å². The zero-order valence-electron chi connectivity index (χ0n) is 3.74. The van der Waals surface area contributed by atoms with Crippen molar-refractivity contribution in [1.82, 2.24) is 3.71 Å². The zero-order chi connectivity index (χ0) is 6.57. The lowest BCUT2D eigenvalue weighted by molar-refractivity contribution is 0.247. The highest BCUT2D eigenvalue weighted by Gasteiger charge is 2.01. The molecule has 0 saturated heterocycles. The molecule has 44 valence electrons. The van der Waals surface area contributed by atoms with Crippen LogP contribution >= 0.6 is 24.8 Å². The molecular weight excluding hydrogens is 146 g/mol.